The minimum atomic E-state index is 0.159. The van der Waals surface area contributed by atoms with Crippen molar-refractivity contribution in [1.82, 2.24) is 10.3 Å². The van der Waals surface area contributed by atoms with Crippen molar-refractivity contribution in [2.75, 3.05) is 11.4 Å². The number of hydrogen-bond acceptors (Lipinski definition) is 4. The monoisotopic (exact) mass is 309 g/mol. The number of hydrogen-bond donors (Lipinski definition) is 1. The zero-order valence-corrected chi connectivity index (χ0v) is 15.3. The predicted molar refractivity (Wildman–Crippen MR) is 93.5 cm³/mol. The molecule has 0 radical (unpaired) electrons. The van der Waals surface area contributed by atoms with Crippen molar-refractivity contribution in [2.24, 2.45) is 0 Å². The average molecular weight is 310 g/mol. The fraction of sp³-hybridized carbons (Fsp3) is 0.824. The Morgan fingerprint density at radius 1 is 1.33 bits per heavy atom. The molecule has 21 heavy (non-hydrogen) atoms. The van der Waals surface area contributed by atoms with Crippen molar-refractivity contribution in [3.8, 4) is 0 Å². The van der Waals surface area contributed by atoms with E-state index >= 15 is 0 Å². The van der Waals surface area contributed by atoms with Crippen LogP contribution in [0.5, 0.6) is 0 Å². The molecule has 0 bridgehead atoms. The zero-order chi connectivity index (χ0) is 15.6. The van der Waals surface area contributed by atoms with E-state index in [9.17, 15) is 0 Å². The highest BCUT2D eigenvalue weighted by Crippen LogP contribution is 2.44. The standard InChI is InChI=1S/C17H31N3S/c1-7-12(3)20(8-2)16-19-15(13-9-10-13)14(21-16)11-18-17(4,5)6/h12-13,18H,7-11H2,1-6H3. The number of anilines is 1. The molecule has 1 fully saturated rings. The molecule has 1 aliphatic carbocycles. The summed E-state index contributed by atoms with van der Waals surface area (Å²) >= 11 is 1.90. The van der Waals surface area contributed by atoms with Crippen molar-refractivity contribution in [3.05, 3.63) is 10.6 Å². The van der Waals surface area contributed by atoms with Gasteiger partial charge >= 0.3 is 0 Å². The Bertz CT molecular complexity index is 457. The minimum absolute atomic E-state index is 0.159. The van der Waals surface area contributed by atoms with Gasteiger partial charge in [-0.3, -0.25) is 0 Å². The van der Waals surface area contributed by atoms with Crippen LogP contribution < -0.4 is 10.2 Å². The summed E-state index contributed by atoms with van der Waals surface area (Å²) in [5, 5.41) is 4.85. The van der Waals surface area contributed by atoms with Gasteiger partial charge in [-0.2, -0.15) is 0 Å². The van der Waals surface area contributed by atoms with Crippen molar-refractivity contribution < 1.29 is 0 Å². The first-order valence-electron chi connectivity index (χ1n) is 8.37. The summed E-state index contributed by atoms with van der Waals surface area (Å²) in [5.74, 6) is 0.724. The number of rotatable bonds is 7. The van der Waals surface area contributed by atoms with Gasteiger partial charge in [-0.05, 0) is 53.9 Å². The lowest BCUT2D eigenvalue weighted by Gasteiger charge is -2.26. The van der Waals surface area contributed by atoms with Crippen LogP contribution in [-0.2, 0) is 6.54 Å². The average Bonchev–Trinajstić information content (AvgIpc) is 3.17. The fourth-order valence-electron chi connectivity index (χ4n) is 2.48. The maximum Gasteiger partial charge on any atom is 0.186 e. The molecule has 1 atom stereocenters. The molecule has 1 saturated carbocycles. The lowest BCUT2D eigenvalue weighted by Crippen LogP contribution is -2.35. The smallest absolute Gasteiger partial charge is 0.186 e. The zero-order valence-electron chi connectivity index (χ0n) is 14.5. The third-order valence-electron chi connectivity index (χ3n) is 4.17. The second kappa shape index (κ2) is 6.66. The third-order valence-corrected chi connectivity index (χ3v) is 5.28. The molecule has 1 aromatic heterocycles. The molecular formula is C17H31N3S. The summed E-state index contributed by atoms with van der Waals surface area (Å²) < 4.78 is 0. The molecule has 1 unspecified atom stereocenters. The molecule has 0 saturated heterocycles. The van der Waals surface area contributed by atoms with Gasteiger partial charge < -0.3 is 10.2 Å². The number of nitrogens with one attached hydrogen (secondary N) is 1. The molecule has 3 nitrogen and oxygen atoms in total. The summed E-state index contributed by atoms with van der Waals surface area (Å²) in [6.07, 6.45) is 3.81. The van der Waals surface area contributed by atoms with Gasteiger partial charge in [-0.15, -0.1) is 11.3 Å². The van der Waals surface area contributed by atoms with Crippen LogP contribution in [0, 0.1) is 0 Å². The molecule has 4 heteroatoms. The van der Waals surface area contributed by atoms with E-state index in [0.717, 1.165) is 19.0 Å². The van der Waals surface area contributed by atoms with Gasteiger partial charge in [-0.1, -0.05) is 6.92 Å². The highest BCUT2D eigenvalue weighted by Gasteiger charge is 2.31. The van der Waals surface area contributed by atoms with Crippen LogP contribution in [0.2, 0.25) is 0 Å². The van der Waals surface area contributed by atoms with Gasteiger partial charge in [-0.25, -0.2) is 4.98 Å². The quantitative estimate of drug-likeness (QED) is 0.802. The predicted octanol–water partition coefficient (Wildman–Crippen LogP) is 4.53. The number of aromatic nitrogens is 1. The van der Waals surface area contributed by atoms with Crippen LogP contribution in [0.4, 0.5) is 5.13 Å². The SMILES string of the molecule is CCC(C)N(CC)c1nc(C2CC2)c(CNC(C)(C)C)s1. The first-order valence-corrected chi connectivity index (χ1v) is 9.18. The van der Waals surface area contributed by atoms with Crippen molar-refractivity contribution in [3.63, 3.8) is 0 Å². The van der Waals surface area contributed by atoms with Crippen molar-refractivity contribution in [1.29, 1.82) is 0 Å². The topological polar surface area (TPSA) is 28.2 Å². The summed E-state index contributed by atoms with van der Waals surface area (Å²) in [4.78, 5) is 8.92. The number of thiazole rings is 1. The van der Waals surface area contributed by atoms with Crippen molar-refractivity contribution >= 4 is 16.5 Å². The molecule has 0 aliphatic heterocycles. The van der Waals surface area contributed by atoms with Crippen LogP contribution in [-0.4, -0.2) is 23.1 Å². The molecule has 120 valence electrons. The second-order valence-corrected chi connectivity index (χ2v) is 8.29. The Morgan fingerprint density at radius 2 is 2.00 bits per heavy atom. The molecule has 1 N–H and O–H groups in total. The first-order chi connectivity index (χ1) is 9.85. The number of nitrogens with zero attached hydrogens (tertiary/aromatic N) is 2. The van der Waals surface area contributed by atoms with Gasteiger partial charge in [0.2, 0.25) is 0 Å². The molecule has 1 aromatic rings. The van der Waals surface area contributed by atoms with Crippen LogP contribution in [0.1, 0.15) is 77.3 Å². The van der Waals surface area contributed by atoms with Gasteiger partial charge in [0.05, 0.1) is 5.69 Å². The minimum Gasteiger partial charge on any atom is -0.346 e. The Morgan fingerprint density at radius 3 is 2.48 bits per heavy atom. The maximum atomic E-state index is 5.02. The van der Waals surface area contributed by atoms with Crippen LogP contribution in [0.15, 0.2) is 0 Å². The first kappa shape index (κ1) is 16.8. The largest absolute Gasteiger partial charge is 0.346 e. The molecule has 2 rings (SSSR count). The van der Waals surface area contributed by atoms with E-state index in [1.165, 1.54) is 35.0 Å². The summed E-state index contributed by atoms with van der Waals surface area (Å²) in [6.45, 7) is 15.5. The highest BCUT2D eigenvalue weighted by molar-refractivity contribution is 7.15. The second-order valence-electron chi connectivity index (χ2n) is 7.23. The van der Waals surface area contributed by atoms with E-state index < -0.39 is 0 Å². The highest BCUT2D eigenvalue weighted by atomic mass is 32.1. The molecule has 1 aliphatic rings. The molecular weight excluding hydrogens is 278 g/mol. The molecule has 1 heterocycles. The van der Waals surface area contributed by atoms with E-state index in [2.05, 4.69) is 51.8 Å². The maximum absolute atomic E-state index is 5.02. The normalized spacial score (nSPS) is 17.0. The van der Waals surface area contributed by atoms with Crippen LogP contribution in [0.3, 0.4) is 0 Å². The Labute approximate surface area is 134 Å². The van der Waals surface area contributed by atoms with Gasteiger partial charge in [0, 0.05) is 35.5 Å². The van der Waals surface area contributed by atoms with Crippen LogP contribution in [0.25, 0.3) is 0 Å². The molecule has 0 aromatic carbocycles. The van der Waals surface area contributed by atoms with Crippen molar-refractivity contribution in [2.45, 2.75) is 84.8 Å². The summed E-state index contributed by atoms with van der Waals surface area (Å²) in [5.41, 5.74) is 1.53. The molecule has 0 spiro atoms. The Balaban J connectivity index is 2.20. The van der Waals surface area contributed by atoms with E-state index in [1.807, 2.05) is 11.3 Å². The van der Waals surface area contributed by atoms with Gasteiger partial charge in [0.15, 0.2) is 5.13 Å². The van der Waals surface area contributed by atoms with E-state index in [1.54, 1.807) is 0 Å². The fourth-order valence-corrected chi connectivity index (χ4v) is 3.73. The van der Waals surface area contributed by atoms with Gasteiger partial charge in [0.25, 0.3) is 0 Å². The lowest BCUT2D eigenvalue weighted by molar-refractivity contribution is 0.425. The Hall–Kier alpha value is -0.610. The molecule has 0 amide bonds. The van der Waals surface area contributed by atoms with Crippen LogP contribution >= 0.6 is 11.3 Å². The van der Waals surface area contributed by atoms with E-state index in [0.29, 0.717) is 6.04 Å². The van der Waals surface area contributed by atoms with E-state index in [-0.39, 0.29) is 5.54 Å². The van der Waals surface area contributed by atoms with E-state index in [4.69, 9.17) is 4.98 Å². The Kier molecular flexibility index (Phi) is 5.31. The summed E-state index contributed by atoms with van der Waals surface area (Å²) in [7, 11) is 0. The summed E-state index contributed by atoms with van der Waals surface area (Å²) in [6, 6.07) is 0.566. The lowest BCUT2D eigenvalue weighted by atomic mass is 10.1. The third kappa shape index (κ3) is 4.43. The van der Waals surface area contributed by atoms with Gasteiger partial charge in [0.1, 0.15) is 0 Å².